The molecule has 10 heteroatoms. The molecule has 174 valence electrons. The summed E-state index contributed by atoms with van der Waals surface area (Å²) in [6.45, 7) is 9.56. The first-order chi connectivity index (χ1) is 15.1. The molecule has 2 heterocycles. The highest BCUT2D eigenvalue weighted by atomic mass is 32.2. The molecule has 0 aliphatic carbocycles. The van der Waals surface area contributed by atoms with E-state index in [4.69, 9.17) is 4.74 Å². The minimum Gasteiger partial charge on any atom is -0.469 e. The summed E-state index contributed by atoms with van der Waals surface area (Å²) in [7, 11) is -1.10. The average Bonchev–Trinajstić information content (AvgIpc) is 2.73. The first-order valence-electron chi connectivity index (χ1n) is 10.7. The van der Waals surface area contributed by atoms with Gasteiger partial charge in [-0.15, -0.1) is 0 Å². The fraction of sp³-hybridized carbons (Fsp3) is 0.545. The molecule has 32 heavy (non-hydrogen) atoms. The van der Waals surface area contributed by atoms with Crippen molar-refractivity contribution in [1.29, 1.82) is 0 Å². The highest BCUT2D eigenvalue weighted by Crippen LogP contribution is 2.34. The summed E-state index contributed by atoms with van der Waals surface area (Å²) in [5, 5.41) is 14.8. The first kappa shape index (κ1) is 24.1. The SMILES string of the molecule is CS(=O)c1ccc(Nc2ncnc(OC3CCN(CCC(C)(C)C)CC3)c2[N+](=O)[O-])cc1. The van der Waals surface area contributed by atoms with Crippen molar-refractivity contribution in [3.8, 4) is 5.88 Å². The van der Waals surface area contributed by atoms with Crippen LogP contribution in [0.25, 0.3) is 0 Å². The number of likely N-dealkylation sites (tertiary alicyclic amines) is 1. The van der Waals surface area contributed by atoms with Gasteiger partial charge in [0.15, 0.2) is 0 Å². The molecule has 1 aliphatic rings. The van der Waals surface area contributed by atoms with E-state index in [9.17, 15) is 14.3 Å². The standard InChI is InChI=1S/C22H31N5O4S/c1-22(2,3)11-14-26-12-9-17(10-13-26)31-21-19(27(28)29)20(23-15-24-21)25-16-5-7-18(8-6-16)32(4)30/h5-8,15,17H,9-14H2,1-4H3,(H,23,24,25). The lowest BCUT2D eigenvalue weighted by Gasteiger charge is -2.33. The molecular formula is C22H31N5O4S. The molecule has 3 rings (SSSR count). The first-order valence-corrected chi connectivity index (χ1v) is 12.3. The zero-order chi connectivity index (χ0) is 23.3. The van der Waals surface area contributed by atoms with Crippen molar-refractivity contribution >= 4 is 28.0 Å². The number of benzene rings is 1. The van der Waals surface area contributed by atoms with E-state index in [1.807, 2.05) is 0 Å². The van der Waals surface area contributed by atoms with Crippen molar-refractivity contribution in [2.45, 2.75) is 51.0 Å². The zero-order valence-corrected chi connectivity index (χ0v) is 19.9. The van der Waals surface area contributed by atoms with E-state index in [0.29, 0.717) is 16.0 Å². The van der Waals surface area contributed by atoms with Crippen LogP contribution in [-0.2, 0) is 10.8 Å². The van der Waals surface area contributed by atoms with Gasteiger partial charge in [-0.2, -0.15) is 4.98 Å². The van der Waals surface area contributed by atoms with Gasteiger partial charge >= 0.3 is 5.69 Å². The molecule has 0 saturated carbocycles. The number of hydrogen-bond acceptors (Lipinski definition) is 8. The number of nitrogens with zero attached hydrogens (tertiary/aromatic N) is 4. The molecule has 1 fully saturated rings. The third-order valence-electron chi connectivity index (χ3n) is 5.41. The summed E-state index contributed by atoms with van der Waals surface area (Å²) in [6.07, 6.45) is 5.45. The molecule has 1 unspecified atom stereocenters. The van der Waals surface area contributed by atoms with E-state index in [-0.39, 0.29) is 23.5 Å². The Bertz CT molecular complexity index is 954. The molecule has 9 nitrogen and oxygen atoms in total. The van der Waals surface area contributed by atoms with E-state index >= 15 is 0 Å². The number of nitrogens with one attached hydrogen (secondary N) is 1. The molecule has 0 bridgehead atoms. The quantitative estimate of drug-likeness (QED) is 0.461. The number of piperidine rings is 1. The molecule has 0 amide bonds. The van der Waals surface area contributed by atoms with Crippen molar-refractivity contribution in [2.24, 2.45) is 5.41 Å². The Hall–Kier alpha value is -2.59. The van der Waals surface area contributed by atoms with E-state index in [2.05, 4.69) is 41.0 Å². The highest BCUT2D eigenvalue weighted by Gasteiger charge is 2.29. The second-order valence-corrected chi connectivity index (χ2v) is 10.6. The van der Waals surface area contributed by atoms with Gasteiger partial charge in [-0.3, -0.25) is 14.3 Å². The molecule has 1 atom stereocenters. The normalized spacial score (nSPS) is 16.5. The van der Waals surface area contributed by atoms with E-state index in [0.717, 1.165) is 38.9 Å². The average molecular weight is 462 g/mol. The molecule has 1 aromatic heterocycles. The van der Waals surface area contributed by atoms with Crippen LogP contribution in [0.1, 0.15) is 40.0 Å². The van der Waals surface area contributed by atoms with E-state index in [1.54, 1.807) is 30.5 Å². The number of hydrogen-bond donors (Lipinski definition) is 1. The Balaban J connectivity index is 1.67. The van der Waals surface area contributed by atoms with Crippen molar-refractivity contribution in [2.75, 3.05) is 31.2 Å². The maximum atomic E-state index is 11.8. The summed E-state index contributed by atoms with van der Waals surface area (Å²) < 4.78 is 17.5. The minimum atomic E-state index is -1.10. The van der Waals surface area contributed by atoms with Crippen LogP contribution in [0.2, 0.25) is 0 Å². The Morgan fingerprint density at radius 1 is 1.22 bits per heavy atom. The van der Waals surface area contributed by atoms with Gasteiger partial charge in [0.2, 0.25) is 5.82 Å². The molecule has 1 aliphatic heterocycles. The van der Waals surface area contributed by atoms with Crippen LogP contribution in [0.4, 0.5) is 17.2 Å². The number of aromatic nitrogens is 2. The predicted octanol–water partition coefficient (Wildman–Crippen LogP) is 4.15. The van der Waals surface area contributed by atoms with Gasteiger partial charge in [0, 0.05) is 40.7 Å². The van der Waals surface area contributed by atoms with Gasteiger partial charge in [0.25, 0.3) is 5.88 Å². The number of rotatable bonds is 8. The Labute approximate surface area is 191 Å². The van der Waals surface area contributed by atoms with Crippen LogP contribution in [0.15, 0.2) is 35.5 Å². The zero-order valence-electron chi connectivity index (χ0n) is 19.0. The topological polar surface area (TPSA) is 110 Å². The highest BCUT2D eigenvalue weighted by molar-refractivity contribution is 7.84. The lowest BCUT2D eigenvalue weighted by Crippen LogP contribution is -2.39. The summed E-state index contributed by atoms with van der Waals surface area (Å²) in [5.74, 6) is 0.0416. The number of anilines is 2. The van der Waals surface area contributed by atoms with Crippen LogP contribution >= 0.6 is 0 Å². The second kappa shape index (κ2) is 10.4. The van der Waals surface area contributed by atoms with Gasteiger partial charge in [-0.1, -0.05) is 20.8 Å². The molecule has 0 radical (unpaired) electrons. The molecule has 1 aromatic carbocycles. The fourth-order valence-corrected chi connectivity index (χ4v) is 3.99. The predicted molar refractivity (Wildman–Crippen MR) is 125 cm³/mol. The molecule has 1 saturated heterocycles. The smallest absolute Gasteiger partial charge is 0.373 e. The van der Waals surface area contributed by atoms with Crippen molar-refractivity contribution in [1.82, 2.24) is 14.9 Å². The summed E-state index contributed by atoms with van der Waals surface area (Å²) in [4.78, 5) is 22.5. The Morgan fingerprint density at radius 3 is 2.44 bits per heavy atom. The van der Waals surface area contributed by atoms with Crippen molar-refractivity contribution in [3.63, 3.8) is 0 Å². The van der Waals surface area contributed by atoms with E-state index < -0.39 is 15.7 Å². The van der Waals surface area contributed by atoms with Crippen molar-refractivity contribution in [3.05, 3.63) is 40.7 Å². The van der Waals surface area contributed by atoms with Crippen LogP contribution in [0.3, 0.4) is 0 Å². The monoisotopic (exact) mass is 461 g/mol. The fourth-order valence-electron chi connectivity index (χ4n) is 3.47. The number of ether oxygens (including phenoxy) is 1. The van der Waals surface area contributed by atoms with Crippen molar-refractivity contribution < 1.29 is 13.9 Å². The van der Waals surface area contributed by atoms with Crippen LogP contribution < -0.4 is 10.1 Å². The summed E-state index contributed by atoms with van der Waals surface area (Å²) in [6, 6.07) is 6.82. The van der Waals surface area contributed by atoms with Gasteiger partial charge in [0.1, 0.15) is 12.4 Å². The van der Waals surface area contributed by atoms with Crippen LogP contribution in [0, 0.1) is 15.5 Å². The lowest BCUT2D eigenvalue weighted by atomic mass is 9.91. The lowest BCUT2D eigenvalue weighted by molar-refractivity contribution is -0.385. The summed E-state index contributed by atoms with van der Waals surface area (Å²) >= 11 is 0. The van der Waals surface area contributed by atoms with Crippen LogP contribution in [-0.4, -0.2) is 56.0 Å². The van der Waals surface area contributed by atoms with Crippen LogP contribution in [0.5, 0.6) is 5.88 Å². The largest absolute Gasteiger partial charge is 0.469 e. The molecule has 0 spiro atoms. The maximum Gasteiger partial charge on any atom is 0.373 e. The number of nitro groups is 1. The molecular weight excluding hydrogens is 430 g/mol. The third kappa shape index (κ3) is 6.70. The third-order valence-corrected chi connectivity index (χ3v) is 6.35. The summed E-state index contributed by atoms with van der Waals surface area (Å²) in [5.41, 5.74) is 0.608. The Morgan fingerprint density at radius 2 is 1.88 bits per heavy atom. The van der Waals surface area contributed by atoms with Gasteiger partial charge in [-0.25, -0.2) is 4.98 Å². The van der Waals surface area contributed by atoms with Gasteiger partial charge < -0.3 is 15.0 Å². The molecule has 2 aromatic rings. The second-order valence-electron chi connectivity index (χ2n) is 9.21. The maximum absolute atomic E-state index is 11.8. The molecule has 1 N–H and O–H groups in total. The minimum absolute atomic E-state index is 0.0214. The Kier molecular flexibility index (Phi) is 7.78. The van der Waals surface area contributed by atoms with Gasteiger partial charge in [0.05, 0.1) is 4.92 Å². The van der Waals surface area contributed by atoms with Gasteiger partial charge in [-0.05, 0) is 55.5 Å². The van der Waals surface area contributed by atoms with E-state index in [1.165, 1.54) is 6.33 Å².